The number of sulfonamides is 1. The first-order valence-corrected chi connectivity index (χ1v) is 9.59. The smallest absolute Gasteiger partial charge is 0.251 e. The number of benzene rings is 2. The summed E-state index contributed by atoms with van der Waals surface area (Å²) < 4.78 is 27.2. The summed E-state index contributed by atoms with van der Waals surface area (Å²) in [5.41, 5.74) is 2.08. The van der Waals surface area contributed by atoms with Crippen LogP contribution in [-0.2, 0) is 23.0 Å². The lowest BCUT2D eigenvalue weighted by atomic mass is 9.98. The number of hydrogen-bond donors (Lipinski definition) is 3. The average molecular weight is 401 g/mol. The fourth-order valence-corrected chi connectivity index (χ4v) is 4.35. The largest absolute Gasteiger partial charge is 0.505 e. The second-order valence-electron chi connectivity index (χ2n) is 5.56. The number of nitrogens with one attached hydrogen (secondary N) is 2. The molecule has 1 amide bonds. The Morgan fingerprint density at radius 3 is 2.72 bits per heavy atom. The van der Waals surface area contributed by atoms with Crippen LogP contribution in [0.2, 0.25) is 10.0 Å². The summed E-state index contributed by atoms with van der Waals surface area (Å²) in [6.07, 6.45) is 0.738. The monoisotopic (exact) mass is 400 g/mol. The van der Waals surface area contributed by atoms with Crippen LogP contribution in [0.5, 0.6) is 5.75 Å². The molecule has 1 aliphatic rings. The first-order valence-electron chi connectivity index (χ1n) is 7.35. The number of aromatic hydroxyl groups is 1. The van der Waals surface area contributed by atoms with Crippen LogP contribution in [0.4, 0.5) is 0 Å². The predicted molar refractivity (Wildman–Crippen MR) is 94.6 cm³/mol. The Labute approximate surface area is 154 Å². The van der Waals surface area contributed by atoms with Crippen LogP contribution < -0.4 is 10.0 Å². The van der Waals surface area contributed by atoms with E-state index < -0.39 is 20.7 Å². The van der Waals surface area contributed by atoms with Gasteiger partial charge in [0.05, 0.1) is 5.02 Å². The van der Waals surface area contributed by atoms with Crippen molar-refractivity contribution in [1.29, 1.82) is 0 Å². The molecule has 2 aromatic rings. The van der Waals surface area contributed by atoms with Gasteiger partial charge in [0.1, 0.15) is 4.90 Å². The van der Waals surface area contributed by atoms with E-state index in [1.165, 1.54) is 6.07 Å². The third-order valence-electron chi connectivity index (χ3n) is 3.85. The summed E-state index contributed by atoms with van der Waals surface area (Å²) in [5.74, 6) is -0.742. The lowest BCUT2D eigenvalue weighted by Gasteiger charge is -2.17. The molecular weight excluding hydrogens is 387 g/mol. The molecule has 25 heavy (non-hydrogen) atoms. The molecule has 0 radical (unpaired) electrons. The molecule has 0 aliphatic carbocycles. The average Bonchev–Trinajstić information content (AvgIpc) is 2.57. The SMILES string of the molecule is O=C1NCCc2ccc(CNS(=O)(=O)c3cc(Cl)cc(Cl)c3O)cc21. The molecule has 3 N–H and O–H groups in total. The minimum absolute atomic E-state index is 0.0491. The standard InChI is InChI=1S/C16H14Cl2N2O4S/c17-11-6-13(18)15(21)14(7-11)25(23,24)20-8-9-1-2-10-3-4-19-16(22)12(10)5-9/h1-2,5-7,20-21H,3-4,8H2,(H,19,22). The Hall–Kier alpha value is -1.80. The fraction of sp³-hybridized carbons (Fsp3) is 0.188. The molecule has 0 saturated carbocycles. The van der Waals surface area contributed by atoms with Crippen LogP contribution in [0.15, 0.2) is 35.2 Å². The minimum atomic E-state index is -4.04. The van der Waals surface area contributed by atoms with E-state index in [-0.39, 0.29) is 22.5 Å². The first-order chi connectivity index (χ1) is 11.8. The molecule has 0 aromatic heterocycles. The maximum absolute atomic E-state index is 12.4. The van der Waals surface area contributed by atoms with Crippen LogP contribution in [-0.4, -0.2) is 26.0 Å². The predicted octanol–water partition coefficient (Wildman–Crippen LogP) is 2.46. The van der Waals surface area contributed by atoms with E-state index in [0.29, 0.717) is 17.7 Å². The first kappa shape index (κ1) is 18.0. The van der Waals surface area contributed by atoms with Gasteiger partial charge in [-0.05, 0) is 35.7 Å². The van der Waals surface area contributed by atoms with Crippen molar-refractivity contribution in [1.82, 2.24) is 10.0 Å². The molecule has 0 fully saturated rings. The Morgan fingerprint density at radius 2 is 1.96 bits per heavy atom. The fourth-order valence-electron chi connectivity index (χ4n) is 2.57. The molecule has 0 atom stereocenters. The Kier molecular flexibility index (Phi) is 4.92. The zero-order valence-electron chi connectivity index (χ0n) is 12.8. The summed E-state index contributed by atoms with van der Waals surface area (Å²) in [6, 6.07) is 7.58. The van der Waals surface area contributed by atoms with Gasteiger partial charge in [0.25, 0.3) is 5.91 Å². The molecule has 2 aromatic carbocycles. The Bertz CT molecular complexity index is 961. The Balaban J connectivity index is 1.84. The van der Waals surface area contributed by atoms with Crippen LogP contribution >= 0.6 is 23.2 Å². The topological polar surface area (TPSA) is 95.5 Å². The molecule has 132 valence electrons. The van der Waals surface area contributed by atoms with Gasteiger partial charge in [0.2, 0.25) is 10.0 Å². The van der Waals surface area contributed by atoms with Crippen LogP contribution in [0.25, 0.3) is 0 Å². The van der Waals surface area contributed by atoms with Gasteiger partial charge in [-0.2, -0.15) is 0 Å². The van der Waals surface area contributed by atoms with Gasteiger partial charge in [-0.1, -0.05) is 35.3 Å². The number of fused-ring (bicyclic) bond motifs is 1. The summed E-state index contributed by atoms with van der Waals surface area (Å²) >= 11 is 11.6. The second kappa shape index (κ2) is 6.84. The van der Waals surface area contributed by atoms with Crippen LogP contribution in [0.3, 0.4) is 0 Å². The highest BCUT2D eigenvalue weighted by molar-refractivity contribution is 7.89. The van der Waals surface area contributed by atoms with E-state index in [1.807, 2.05) is 6.07 Å². The highest BCUT2D eigenvalue weighted by Crippen LogP contribution is 2.34. The highest BCUT2D eigenvalue weighted by Gasteiger charge is 2.22. The zero-order chi connectivity index (χ0) is 18.2. The lowest BCUT2D eigenvalue weighted by molar-refractivity contribution is 0.0946. The van der Waals surface area contributed by atoms with Crippen molar-refractivity contribution in [2.45, 2.75) is 17.9 Å². The molecule has 9 heteroatoms. The third-order valence-corrected chi connectivity index (χ3v) is 5.77. The van der Waals surface area contributed by atoms with Gasteiger partial charge in [0, 0.05) is 23.7 Å². The maximum atomic E-state index is 12.4. The number of phenolic OH excluding ortho intramolecular Hbond substituents is 1. The number of rotatable bonds is 4. The second-order valence-corrected chi connectivity index (χ2v) is 8.14. The van der Waals surface area contributed by atoms with E-state index in [0.717, 1.165) is 18.1 Å². The van der Waals surface area contributed by atoms with Crippen molar-refractivity contribution >= 4 is 39.1 Å². The summed E-state index contributed by atoms with van der Waals surface area (Å²) in [5, 5.41) is 12.6. The minimum Gasteiger partial charge on any atom is -0.505 e. The highest BCUT2D eigenvalue weighted by atomic mass is 35.5. The molecular formula is C16H14Cl2N2O4S. The number of carbonyl (C=O) groups is 1. The van der Waals surface area contributed by atoms with Crippen molar-refractivity contribution in [3.63, 3.8) is 0 Å². The molecule has 1 heterocycles. The quantitative estimate of drug-likeness (QED) is 0.734. The molecule has 6 nitrogen and oxygen atoms in total. The number of phenols is 1. The van der Waals surface area contributed by atoms with E-state index in [1.54, 1.807) is 12.1 Å². The molecule has 0 unspecified atom stereocenters. The third kappa shape index (κ3) is 3.74. The molecule has 0 spiro atoms. The van der Waals surface area contributed by atoms with Crippen molar-refractivity contribution in [3.05, 3.63) is 57.1 Å². The van der Waals surface area contributed by atoms with Gasteiger partial charge in [0.15, 0.2) is 5.75 Å². The van der Waals surface area contributed by atoms with Crippen molar-refractivity contribution in [2.75, 3.05) is 6.54 Å². The van der Waals surface area contributed by atoms with Gasteiger partial charge in [-0.3, -0.25) is 4.79 Å². The van der Waals surface area contributed by atoms with Crippen LogP contribution in [0, 0.1) is 0 Å². The zero-order valence-corrected chi connectivity index (χ0v) is 15.2. The number of hydrogen-bond acceptors (Lipinski definition) is 4. The normalized spacial score (nSPS) is 14.1. The van der Waals surface area contributed by atoms with E-state index in [2.05, 4.69) is 10.0 Å². The van der Waals surface area contributed by atoms with Gasteiger partial charge in [-0.15, -0.1) is 0 Å². The number of amides is 1. The summed E-state index contributed by atoms with van der Waals surface area (Å²) in [6.45, 7) is 0.541. The van der Waals surface area contributed by atoms with Gasteiger partial charge in [-0.25, -0.2) is 13.1 Å². The lowest BCUT2D eigenvalue weighted by Crippen LogP contribution is -2.32. The molecule has 0 bridgehead atoms. The van der Waals surface area contributed by atoms with E-state index in [9.17, 15) is 18.3 Å². The maximum Gasteiger partial charge on any atom is 0.251 e. The van der Waals surface area contributed by atoms with Crippen molar-refractivity contribution in [3.8, 4) is 5.75 Å². The van der Waals surface area contributed by atoms with Crippen molar-refractivity contribution < 1.29 is 18.3 Å². The summed E-state index contributed by atoms with van der Waals surface area (Å²) in [4.78, 5) is 11.5. The van der Waals surface area contributed by atoms with Crippen LogP contribution in [0.1, 0.15) is 21.5 Å². The number of carbonyl (C=O) groups excluding carboxylic acids is 1. The Morgan fingerprint density at radius 1 is 1.20 bits per heavy atom. The molecule has 3 rings (SSSR count). The molecule has 0 saturated heterocycles. The van der Waals surface area contributed by atoms with E-state index >= 15 is 0 Å². The van der Waals surface area contributed by atoms with Gasteiger partial charge >= 0.3 is 0 Å². The van der Waals surface area contributed by atoms with E-state index in [4.69, 9.17) is 23.2 Å². The van der Waals surface area contributed by atoms with Crippen molar-refractivity contribution in [2.24, 2.45) is 0 Å². The summed E-state index contributed by atoms with van der Waals surface area (Å²) in [7, 11) is -4.04. The number of halogens is 2. The molecule has 1 aliphatic heterocycles. The van der Waals surface area contributed by atoms with Gasteiger partial charge < -0.3 is 10.4 Å².